The summed E-state index contributed by atoms with van der Waals surface area (Å²) < 4.78 is 36.2. The first-order valence-corrected chi connectivity index (χ1v) is 13.7. The highest BCUT2D eigenvalue weighted by molar-refractivity contribution is 7.89. The van der Waals surface area contributed by atoms with E-state index >= 15 is 0 Å². The molecule has 4 rings (SSSR count). The molecule has 0 bridgehead atoms. The molecule has 0 amide bonds. The summed E-state index contributed by atoms with van der Waals surface area (Å²) in [5.41, 5.74) is 3.79. The number of benzene rings is 2. The molecule has 36 heavy (non-hydrogen) atoms. The average Bonchev–Trinajstić information content (AvgIpc) is 3.27. The lowest BCUT2D eigenvalue weighted by molar-refractivity contribution is -0.137. The maximum absolute atomic E-state index is 13.5. The smallest absolute Gasteiger partial charge is 0.303 e. The lowest BCUT2D eigenvalue weighted by atomic mass is 9.88. The van der Waals surface area contributed by atoms with Crippen LogP contribution in [0.3, 0.4) is 0 Å². The summed E-state index contributed by atoms with van der Waals surface area (Å²) >= 11 is 0. The van der Waals surface area contributed by atoms with Gasteiger partial charge < -0.3 is 9.84 Å². The Hall–Kier alpha value is -3.17. The lowest BCUT2D eigenvalue weighted by Gasteiger charge is -2.23. The van der Waals surface area contributed by atoms with Crippen LogP contribution in [0.2, 0.25) is 0 Å². The van der Waals surface area contributed by atoms with E-state index in [-0.39, 0.29) is 36.4 Å². The fraction of sp³-hybridized carbons (Fsp3) is 0.407. The SMILES string of the molecule is CCn1cc(CCC(CC(=O)O)c2ccc(C)c(CN3CC(C)Oc4ccccc4S3(=O)=O)c2)cn1. The molecule has 1 aromatic heterocycles. The van der Waals surface area contributed by atoms with E-state index in [2.05, 4.69) is 5.10 Å². The van der Waals surface area contributed by atoms with Gasteiger partial charge in [-0.2, -0.15) is 9.40 Å². The number of aromatic nitrogens is 2. The van der Waals surface area contributed by atoms with Crippen molar-refractivity contribution >= 4 is 16.0 Å². The van der Waals surface area contributed by atoms with Crippen LogP contribution in [0.5, 0.6) is 5.75 Å². The largest absolute Gasteiger partial charge is 0.488 e. The minimum absolute atomic E-state index is 0.00464. The van der Waals surface area contributed by atoms with Gasteiger partial charge in [0.1, 0.15) is 16.7 Å². The number of hydrogen-bond donors (Lipinski definition) is 1. The molecule has 1 N–H and O–H groups in total. The zero-order chi connectivity index (χ0) is 25.9. The topological polar surface area (TPSA) is 102 Å². The minimum atomic E-state index is -3.76. The van der Waals surface area contributed by atoms with Crippen molar-refractivity contribution in [2.24, 2.45) is 0 Å². The molecule has 0 spiro atoms. The summed E-state index contributed by atoms with van der Waals surface area (Å²) in [6, 6.07) is 12.6. The molecule has 1 aliphatic rings. The van der Waals surface area contributed by atoms with Crippen LogP contribution < -0.4 is 4.74 Å². The van der Waals surface area contributed by atoms with Crippen molar-refractivity contribution < 1.29 is 23.1 Å². The van der Waals surface area contributed by atoms with Gasteiger partial charge in [-0.05, 0) is 73.9 Å². The van der Waals surface area contributed by atoms with E-state index in [1.165, 1.54) is 4.31 Å². The zero-order valence-corrected chi connectivity index (χ0v) is 21.7. The molecule has 0 saturated heterocycles. The quantitative estimate of drug-likeness (QED) is 0.458. The summed E-state index contributed by atoms with van der Waals surface area (Å²) in [5.74, 6) is -0.689. The van der Waals surface area contributed by atoms with Gasteiger partial charge in [0.2, 0.25) is 10.0 Å². The molecular weight excluding hydrogens is 478 g/mol. The zero-order valence-electron chi connectivity index (χ0n) is 20.9. The predicted molar refractivity (Wildman–Crippen MR) is 137 cm³/mol. The van der Waals surface area contributed by atoms with Crippen molar-refractivity contribution in [3.8, 4) is 5.75 Å². The third-order valence-electron chi connectivity index (χ3n) is 6.66. The number of carboxylic acids is 1. The standard InChI is InChI=1S/C27H33N3O5S/c1-4-29-17-21(15-28-29)10-12-23(14-27(31)32)22-11-9-19(2)24(13-22)18-30-16-20(3)35-25-7-5-6-8-26(25)36(30,33)34/h5-9,11,13,15,17,20,23H,4,10,12,14,16,18H2,1-3H3,(H,31,32). The van der Waals surface area contributed by atoms with Crippen molar-refractivity contribution in [2.45, 2.75) is 70.0 Å². The summed E-state index contributed by atoms with van der Waals surface area (Å²) in [5, 5.41) is 13.9. The average molecular weight is 512 g/mol. The molecule has 0 radical (unpaired) electrons. The van der Waals surface area contributed by atoms with Crippen molar-refractivity contribution in [3.05, 3.63) is 77.1 Å². The van der Waals surface area contributed by atoms with Crippen LogP contribution in [0.15, 0.2) is 59.8 Å². The molecule has 2 unspecified atom stereocenters. The van der Waals surface area contributed by atoms with Gasteiger partial charge in [-0.3, -0.25) is 9.48 Å². The molecule has 2 aromatic carbocycles. The molecule has 3 aromatic rings. The van der Waals surface area contributed by atoms with Gasteiger partial charge in [-0.15, -0.1) is 0 Å². The number of rotatable bonds is 9. The van der Waals surface area contributed by atoms with Crippen LogP contribution in [-0.4, -0.2) is 46.2 Å². The first-order chi connectivity index (χ1) is 17.2. The number of hydrogen-bond acceptors (Lipinski definition) is 5. The van der Waals surface area contributed by atoms with Crippen molar-refractivity contribution in [2.75, 3.05) is 6.54 Å². The second-order valence-electron chi connectivity index (χ2n) is 9.40. The number of carbonyl (C=O) groups is 1. The van der Waals surface area contributed by atoms with Crippen molar-refractivity contribution in [1.29, 1.82) is 0 Å². The van der Waals surface area contributed by atoms with Gasteiger partial charge in [-0.25, -0.2) is 8.42 Å². The van der Waals surface area contributed by atoms with E-state index in [1.807, 2.05) is 56.0 Å². The normalized spacial score (nSPS) is 18.1. The second-order valence-corrected chi connectivity index (χ2v) is 11.3. The van der Waals surface area contributed by atoms with E-state index in [1.54, 1.807) is 24.3 Å². The molecule has 2 atom stereocenters. The number of aliphatic carboxylic acids is 1. The Bertz CT molecular complexity index is 1330. The molecular formula is C27H33N3O5S. The Balaban J connectivity index is 1.60. The van der Waals surface area contributed by atoms with Crippen LogP contribution in [-0.2, 0) is 34.3 Å². The summed E-state index contributed by atoms with van der Waals surface area (Å²) in [4.78, 5) is 11.8. The van der Waals surface area contributed by atoms with Gasteiger partial charge in [-0.1, -0.05) is 30.3 Å². The van der Waals surface area contributed by atoms with Gasteiger partial charge in [0.25, 0.3) is 0 Å². The first-order valence-electron chi connectivity index (χ1n) is 12.3. The number of para-hydroxylation sites is 1. The van der Waals surface area contributed by atoms with Crippen molar-refractivity contribution in [1.82, 2.24) is 14.1 Å². The van der Waals surface area contributed by atoms with E-state index < -0.39 is 16.0 Å². The molecule has 9 heteroatoms. The number of fused-ring (bicyclic) bond motifs is 1. The third-order valence-corrected chi connectivity index (χ3v) is 8.51. The van der Waals surface area contributed by atoms with E-state index in [9.17, 15) is 18.3 Å². The Morgan fingerprint density at radius 3 is 2.75 bits per heavy atom. The maximum Gasteiger partial charge on any atom is 0.303 e. The van der Waals surface area contributed by atoms with Crippen LogP contribution in [0, 0.1) is 6.92 Å². The van der Waals surface area contributed by atoms with E-state index in [0.29, 0.717) is 18.6 Å². The molecule has 8 nitrogen and oxygen atoms in total. The highest BCUT2D eigenvalue weighted by Crippen LogP contribution is 2.33. The lowest BCUT2D eigenvalue weighted by Crippen LogP contribution is -2.35. The number of nitrogens with zero attached hydrogens (tertiary/aromatic N) is 3. The van der Waals surface area contributed by atoms with Crippen LogP contribution >= 0.6 is 0 Å². The van der Waals surface area contributed by atoms with E-state index in [0.717, 1.165) is 28.8 Å². The van der Waals surface area contributed by atoms with E-state index in [4.69, 9.17) is 4.74 Å². The monoisotopic (exact) mass is 511 g/mol. The molecule has 1 aliphatic heterocycles. The fourth-order valence-electron chi connectivity index (χ4n) is 4.64. The Labute approximate surface area is 212 Å². The van der Waals surface area contributed by atoms with Gasteiger partial charge in [0, 0.05) is 19.3 Å². The molecule has 0 aliphatic carbocycles. The van der Waals surface area contributed by atoms with Gasteiger partial charge in [0.15, 0.2) is 0 Å². The van der Waals surface area contributed by atoms with Gasteiger partial charge in [0.05, 0.1) is 19.2 Å². The summed E-state index contributed by atoms with van der Waals surface area (Å²) in [7, 11) is -3.76. The van der Waals surface area contributed by atoms with Crippen LogP contribution in [0.1, 0.15) is 54.9 Å². The highest BCUT2D eigenvalue weighted by atomic mass is 32.2. The van der Waals surface area contributed by atoms with Crippen LogP contribution in [0.25, 0.3) is 0 Å². The number of carboxylic acid groups (broad SMARTS) is 1. The third kappa shape index (κ3) is 5.79. The maximum atomic E-state index is 13.5. The number of ether oxygens (including phenoxy) is 1. The molecule has 0 fully saturated rings. The molecule has 0 saturated carbocycles. The highest BCUT2D eigenvalue weighted by Gasteiger charge is 2.33. The molecule has 2 heterocycles. The van der Waals surface area contributed by atoms with Crippen molar-refractivity contribution in [3.63, 3.8) is 0 Å². The Kier molecular flexibility index (Phi) is 7.80. The Morgan fingerprint density at radius 1 is 1.25 bits per heavy atom. The predicted octanol–water partition coefficient (Wildman–Crippen LogP) is 4.37. The number of sulfonamides is 1. The summed E-state index contributed by atoms with van der Waals surface area (Å²) in [6.07, 6.45) is 4.88. The van der Waals surface area contributed by atoms with Crippen LogP contribution in [0.4, 0.5) is 0 Å². The van der Waals surface area contributed by atoms with Gasteiger partial charge >= 0.3 is 5.97 Å². The Morgan fingerprint density at radius 2 is 2.03 bits per heavy atom. The summed E-state index contributed by atoms with van der Waals surface area (Å²) in [6.45, 7) is 7.02. The number of aryl methyl sites for hydroxylation is 3. The minimum Gasteiger partial charge on any atom is -0.488 e. The molecule has 192 valence electrons. The fourth-order valence-corrected chi connectivity index (χ4v) is 6.25. The second kappa shape index (κ2) is 10.8. The first kappa shape index (κ1) is 25.9.